The Labute approximate surface area is 181 Å². The van der Waals surface area contributed by atoms with Crippen LogP contribution < -0.4 is 10.1 Å². The van der Waals surface area contributed by atoms with E-state index in [1.807, 2.05) is 18.2 Å². The zero-order valence-electron chi connectivity index (χ0n) is 16.4. The first-order valence-electron chi connectivity index (χ1n) is 9.98. The Morgan fingerprint density at radius 2 is 1.90 bits per heavy atom. The first kappa shape index (κ1) is 20.9. The third kappa shape index (κ3) is 4.53. The van der Waals surface area contributed by atoms with Gasteiger partial charge in [0, 0.05) is 31.3 Å². The number of piperidine rings is 1. The van der Waals surface area contributed by atoms with Crippen molar-refractivity contribution < 1.29 is 17.9 Å². The Morgan fingerprint density at radius 3 is 2.70 bits per heavy atom. The highest BCUT2D eigenvalue weighted by atomic mass is 35.5. The topological polar surface area (TPSA) is 75.7 Å². The van der Waals surface area contributed by atoms with Gasteiger partial charge in [0.15, 0.2) is 0 Å². The number of hydrogen-bond acceptors (Lipinski definition) is 4. The summed E-state index contributed by atoms with van der Waals surface area (Å²) in [7, 11) is -3.69. The van der Waals surface area contributed by atoms with Crippen LogP contribution in [0.1, 0.15) is 30.4 Å². The number of rotatable bonds is 5. The molecular weight excluding hydrogens is 424 g/mol. The SMILES string of the molecule is O=C(/C=C/c1ccc2c(c1)CCO2)Nc1ccc(Cl)c(S(=O)(=O)N2CCCCC2)c1. The van der Waals surface area contributed by atoms with E-state index < -0.39 is 10.0 Å². The molecule has 0 unspecified atom stereocenters. The van der Waals surface area contributed by atoms with Crippen LogP contribution in [-0.4, -0.2) is 38.3 Å². The standard InChI is InChI=1S/C22H23ClN2O4S/c23-19-7-6-18(15-21(19)30(27,28)25-11-2-1-3-12-25)24-22(26)9-5-16-4-8-20-17(14-16)10-13-29-20/h4-9,14-15H,1-3,10-13H2,(H,24,26)/b9-5+. The molecule has 1 N–H and O–H groups in total. The Hall–Kier alpha value is -2.35. The highest BCUT2D eigenvalue weighted by Crippen LogP contribution is 2.30. The minimum absolute atomic E-state index is 0.0199. The van der Waals surface area contributed by atoms with Crippen LogP contribution in [0.15, 0.2) is 47.4 Å². The molecule has 2 aliphatic rings. The van der Waals surface area contributed by atoms with Crippen LogP contribution in [0.4, 0.5) is 5.69 Å². The molecule has 4 rings (SSSR count). The zero-order valence-corrected chi connectivity index (χ0v) is 18.0. The average molecular weight is 447 g/mol. The molecule has 2 heterocycles. The fraction of sp³-hybridized carbons (Fsp3) is 0.318. The molecule has 6 nitrogen and oxygen atoms in total. The summed E-state index contributed by atoms with van der Waals surface area (Å²) in [5.41, 5.74) is 2.41. The molecule has 2 aliphatic heterocycles. The summed E-state index contributed by atoms with van der Waals surface area (Å²) < 4.78 is 32.9. The van der Waals surface area contributed by atoms with Crippen molar-refractivity contribution in [2.75, 3.05) is 25.0 Å². The highest BCUT2D eigenvalue weighted by Gasteiger charge is 2.28. The molecule has 0 atom stereocenters. The van der Waals surface area contributed by atoms with E-state index in [0.29, 0.717) is 25.4 Å². The summed E-state index contributed by atoms with van der Waals surface area (Å²) in [6, 6.07) is 10.3. The first-order chi connectivity index (χ1) is 14.4. The molecule has 2 aromatic rings. The molecule has 158 valence electrons. The number of amides is 1. The van der Waals surface area contributed by atoms with Gasteiger partial charge in [-0.25, -0.2) is 8.42 Å². The van der Waals surface area contributed by atoms with Gasteiger partial charge in [0.25, 0.3) is 0 Å². The third-order valence-electron chi connectivity index (χ3n) is 5.27. The first-order valence-corrected chi connectivity index (χ1v) is 11.8. The second-order valence-corrected chi connectivity index (χ2v) is 9.71. The van der Waals surface area contributed by atoms with Gasteiger partial charge in [-0.05, 0) is 60.4 Å². The molecule has 0 aliphatic carbocycles. The van der Waals surface area contributed by atoms with Crippen LogP contribution in [0, 0.1) is 0 Å². The van der Waals surface area contributed by atoms with Gasteiger partial charge >= 0.3 is 0 Å². The van der Waals surface area contributed by atoms with Crippen molar-refractivity contribution >= 4 is 39.3 Å². The van der Waals surface area contributed by atoms with Gasteiger partial charge in [0.2, 0.25) is 15.9 Å². The summed E-state index contributed by atoms with van der Waals surface area (Å²) in [4.78, 5) is 12.4. The molecule has 0 aromatic heterocycles. The van der Waals surface area contributed by atoms with E-state index >= 15 is 0 Å². The predicted molar refractivity (Wildman–Crippen MR) is 117 cm³/mol. The number of nitrogens with one attached hydrogen (secondary N) is 1. The van der Waals surface area contributed by atoms with Crippen molar-refractivity contribution in [1.29, 1.82) is 0 Å². The molecular formula is C22H23ClN2O4S. The summed E-state index contributed by atoms with van der Waals surface area (Å²) in [5.74, 6) is 0.538. The molecule has 30 heavy (non-hydrogen) atoms. The number of fused-ring (bicyclic) bond motifs is 1. The lowest BCUT2D eigenvalue weighted by Crippen LogP contribution is -2.35. The van der Waals surface area contributed by atoms with Gasteiger partial charge in [-0.2, -0.15) is 4.31 Å². The minimum atomic E-state index is -3.69. The zero-order chi connectivity index (χ0) is 21.1. The summed E-state index contributed by atoms with van der Waals surface area (Å²) >= 11 is 6.18. The van der Waals surface area contributed by atoms with Crippen LogP contribution >= 0.6 is 11.6 Å². The lowest BCUT2D eigenvalue weighted by Gasteiger charge is -2.26. The monoisotopic (exact) mass is 446 g/mol. The quantitative estimate of drug-likeness (QED) is 0.701. The third-order valence-corrected chi connectivity index (χ3v) is 7.65. The summed E-state index contributed by atoms with van der Waals surface area (Å²) in [5, 5.41) is 2.86. The number of halogens is 1. The van der Waals surface area contributed by atoms with Gasteiger partial charge in [-0.1, -0.05) is 24.1 Å². The molecule has 1 fully saturated rings. The van der Waals surface area contributed by atoms with Crippen molar-refractivity contribution in [2.24, 2.45) is 0 Å². The normalized spacial score (nSPS) is 17.0. The lowest BCUT2D eigenvalue weighted by molar-refractivity contribution is -0.111. The summed E-state index contributed by atoms with van der Waals surface area (Å²) in [6.45, 7) is 1.66. The van der Waals surface area contributed by atoms with Crippen LogP contribution in [0.25, 0.3) is 6.08 Å². The lowest BCUT2D eigenvalue weighted by atomic mass is 10.1. The van der Waals surface area contributed by atoms with Gasteiger partial charge in [0.05, 0.1) is 11.6 Å². The second-order valence-electron chi connectivity index (χ2n) is 7.40. The van der Waals surface area contributed by atoms with E-state index in [1.165, 1.54) is 22.5 Å². The van der Waals surface area contributed by atoms with Crippen LogP contribution in [0.2, 0.25) is 5.02 Å². The predicted octanol–water partition coefficient (Wildman–Crippen LogP) is 4.10. The Kier molecular flexibility index (Phi) is 6.13. The van der Waals surface area contributed by atoms with E-state index in [4.69, 9.17) is 16.3 Å². The van der Waals surface area contributed by atoms with E-state index in [-0.39, 0.29) is 15.8 Å². The number of carbonyl (C=O) groups is 1. The largest absolute Gasteiger partial charge is 0.493 e. The average Bonchev–Trinajstić information content (AvgIpc) is 3.22. The molecule has 0 saturated carbocycles. The van der Waals surface area contributed by atoms with Crippen LogP contribution in [0.5, 0.6) is 5.75 Å². The number of sulfonamides is 1. The van der Waals surface area contributed by atoms with Crippen molar-refractivity contribution in [3.8, 4) is 5.75 Å². The second kappa shape index (κ2) is 8.79. The number of hydrogen-bond donors (Lipinski definition) is 1. The van der Waals surface area contributed by atoms with Gasteiger partial charge in [-0.15, -0.1) is 0 Å². The number of ether oxygens (including phenoxy) is 1. The molecule has 8 heteroatoms. The number of anilines is 1. The maximum absolute atomic E-state index is 13.0. The Morgan fingerprint density at radius 1 is 1.10 bits per heavy atom. The number of nitrogens with zero attached hydrogens (tertiary/aromatic N) is 1. The number of benzene rings is 2. The minimum Gasteiger partial charge on any atom is -0.493 e. The molecule has 0 bridgehead atoms. The highest BCUT2D eigenvalue weighted by molar-refractivity contribution is 7.89. The van der Waals surface area contributed by atoms with Gasteiger partial charge in [-0.3, -0.25) is 4.79 Å². The fourth-order valence-electron chi connectivity index (χ4n) is 3.69. The van der Waals surface area contributed by atoms with Crippen LogP contribution in [-0.2, 0) is 21.2 Å². The smallest absolute Gasteiger partial charge is 0.248 e. The summed E-state index contributed by atoms with van der Waals surface area (Å²) in [6.07, 6.45) is 6.71. The van der Waals surface area contributed by atoms with E-state index in [1.54, 1.807) is 12.1 Å². The fourth-order valence-corrected chi connectivity index (χ4v) is 5.71. The van der Waals surface area contributed by atoms with Crippen molar-refractivity contribution in [2.45, 2.75) is 30.6 Å². The molecule has 0 radical (unpaired) electrons. The van der Waals surface area contributed by atoms with E-state index in [9.17, 15) is 13.2 Å². The Balaban J connectivity index is 1.48. The molecule has 1 amide bonds. The number of carbonyl (C=O) groups excluding carboxylic acids is 1. The van der Waals surface area contributed by atoms with Gasteiger partial charge < -0.3 is 10.1 Å². The van der Waals surface area contributed by atoms with Crippen LogP contribution in [0.3, 0.4) is 0 Å². The molecule has 0 spiro atoms. The van der Waals surface area contributed by atoms with Crippen molar-refractivity contribution in [3.63, 3.8) is 0 Å². The molecule has 2 aromatic carbocycles. The maximum Gasteiger partial charge on any atom is 0.248 e. The van der Waals surface area contributed by atoms with Crippen molar-refractivity contribution in [1.82, 2.24) is 4.31 Å². The van der Waals surface area contributed by atoms with Gasteiger partial charge in [0.1, 0.15) is 10.6 Å². The van der Waals surface area contributed by atoms with E-state index in [2.05, 4.69) is 5.32 Å². The van der Waals surface area contributed by atoms with Crippen molar-refractivity contribution in [3.05, 3.63) is 58.6 Å². The maximum atomic E-state index is 13.0. The Bertz CT molecular complexity index is 1090. The van der Waals surface area contributed by atoms with E-state index in [0.717, 1.165) is 42.6 Å². The molecule has 1 saturated heterocycles.